The third kappa shape index (κ3) is 2.34. The summed E-state index contributed by atoms with van der Waals surface area (Å²) in [7, 11) is 0. The van der Waals surface area contributed by atoms with Gasteiger partial charge in [0.15, 0.2) is 0 Å². The average Bonchev–Trinajstić information content (AvgIpc) is 2.76. The number of hydrogen-bond acceptors (Lipinski definition) is 0. The Balaban J connectivity index is 1.81. The van der Waals surface area contributed by atoms with Crippen molar-refractivity contribution in [2.75, 3.05) is 0 Å². The summed E-state index contributed by atoms with van der Waals surface area (Å²) in [5.74, 6) is 0. The Bertz CT molecular complexity index is 1670. The topological polar surface area (TPSA) is 0 Å². The van der Waals surface area contributed by atoms with Crippen LogP contribution in [0.1, 0.15) is 22.3 Å². The molecule has 30 heavy (non-hydrogen) atoms. The number of hydrogen-bond donors (Lipinski definition) is 0. The minimum absolute atomic E-state index is 1.30. The first-order valence-corrected chi connectivity index (χ1v) is 10.7. The maximum Gasteiger partial charge on any atom is -0.00989 e. The van der Waals surface area contributed by atoms with Crippen molar-refractivity contribution in [3.63, 3.8) is 0 Å². The quantitative estimate of drug-likeness (QED) is 0.181. The van der Waals surface area contributed by atoms with Crippen molar-refractivity contribution >= 4 is 53.9 Å². The highest BCUT2D eigenvalue weighted by Gasteiger charge is 2.12. The number of aryl methyl sites for hydroxylation is 4. The molecule has 0 N–H and O–H groups in total. The van der Waals surface area contributed by atoms with Crippen LogP contribution in [0.3, 0.4) is 0 Å². The van der Waals surface area contributed by atoms with E-state index in [9.17, 15) is 0 Å². The molecule has 0 amide bonds. The highest BCUT2D eigenvalue weighted by Crippen LogP contribution is 2.38. The summed E-state index contributed by atoms with van der Waals surface area (Å²) < 4.78 is 0. The van der Waals surface area contributed by atoms with Gasteiger partial charge in [0.2, 0.25) is 0 Å². The lowest BCUT2D eigenvalue weighted by Crippen LogP contribution is -1.91. The Morgan fingerprint density at radius 3 is 1.50 bits per heavy atom. The molecule has 0 saturated heterocycles. The van der Waals surface area contributed by atoms with Gasteiger partial charge in [-0.3, -0.25) is 0 Å². The lowest BCUT2D eigenvalue weighted by molar-refractivity contribution is 1.37. The van der Waals surface area contributed by atoms with Crippen molar-refractivity contribution in [2.24, 2.45) is 0 Å². The van der Waals surface area contributed by atoms with Crippen LogP contribution < -0.4 is 0 Å². The van der Waals surface area contributed by atoms with E-state index in [1.54, 1.807) is 0 Å². The van der Waals surface area contributed by atoms with Gasteiger partial charge in [-0.25, -0.2) is 0 Å². The summed E-state index contributed by atoms with van der Waals surface area (Å²) in [6, 6.07) is 27.5. The molecule has 0 radical (unpaired) electrons. The molecule has 0 atom stereocenters. The minimum atomic E-state index is 1.30. The van der Waals surface area contributed by atoms with Crippen LogP contribution in [0, 0.1) is 27.7 Å². The van der Waals surface area contributed by atoms with E-state index in [1.807, 2.05) is 0 Å². The molecule has 0 aliphatic carbocycles. The standard InChI is InChI=1S/C30H24/c1-17-11-23-14-27-19(3)26-13-22-10-9-21-7-5-6-8-25(21)30(22)16-29(26)20(4)28(27)15-24(23)12-18(17)2/h5-16H,1-4H3. The maximum absolute atomic E-state index is 2.42. The molecule has 0 heteroatoms. The van der Waals surface area contributed by atoms with Crippen LogP contribution in [0.2, 0.25) is 0 Å². The number of benzene rings is 6. The third-order valence-corrected chi connectivity index (χ3v) is 7.09. The summed E-state index contributed by atoms with van der Waals surface area (Å²) in [5.41, 5.74) is 5.46. The summed E-state index contributed by atoms with van der Waals surface area (Å²) in [5, 5.41) is 13.4. The summed E-state index contributed by atoms with van der Waals surface area (Å²) in [4.78, 5) is 0. The van der Waals surface area contributed by atoms with Crippen molar-refractivity contribution in [1.29, 1.82) is 0 Å². The Labute approximate surface area is 176 Å². The molecule has 6 aromatic carbocycles. The Morgan fingerprint density at radius 2 is 0.867 bits per heavy atom. The highest BCUT2D eigenvalue weighted by molar-refractivity contribution is 6.17. The Kier molecular flexibility index (Phi) is 3.53. The fourth-order valence-electron chi connectivity index (χ4n) is 5.16. The first-order valence-electron chi connectivity index (χ1n) is 10.7. The van der Waals surface area contributed by atoms with Crippen LogP contribution in [0.15, 0.2) is 72.8 Å². The van der Waals surface area contributed by atoms with Gasteiger partial charge in [0, 0.05) is 0 Å². The molecule has 0 bridgehead atoms. The van der Waals surface area contributed by atoms with E-state index in [4.69, 9.17) is 0 Å². The van der Waals surface area contributed by atoms with Gasteiger partial charge in [0.25, 0.3) is 0 Å². The molecule has 0 saturated carbocycles. The van der Waals surface area contributed by atoms with Crippen molar-refractivity contribution in [2.45, 2.75) is 27.7 Å². The van der Waals surface area contributed by atoms with Gasteiger partial charge in [0.1, 0.15) is 0 Å². The van der Waals surface area contributed by atoms with Crippen LogP contribution >= 0.6 is 0 Å². The minimum Gasteiger partial charge on any atom is -0.0616 e. The number of rotatable bonds is 0. The maximum atomic E-state index is 2.42. The molecule has 0 aromatic heterocycles. The highest BCUT2D eigenvalue weighted by atomic mass is 14.2. The van der Waals surface area contributed by atoms with Gasteiger partial charge in [0.05, 0.1) is 0 Å². The lowest BCUT2D eigenvalue weighted by atomic mass is 9.88. The van der Waals surface area contributed by atoms with Crippen molar-refractivity contribution in [1.82, 2.24) is 0 Å². The van der Waals surface area contributed by atoms with E-state index in [0.29, 0.717) is 0 Å². The molecule has 0 aliphatic heterocycles. The van der Waals surface area contributed by atoms with Crippen LogP contribution in [-0.4, -0.2) is 0 Å². The largest absolute Gasteiger partial charge is 0.0616 e. The van der Waals surface area contributed by atoms with Gasteiger partial charge in [-0.1, -0.05) is 48.5 Å². The molecule has 0 heterocycles. The molecule has 0 unspecified atom stereocenters. The van der Waals surface area contributed by atoms with Crippen LogP contribution in [-0.2, 0) is 0 Å². The van der Waals surface area contributed by atoms with Gasteiger partial charge in [-0.2, -0.15) is 0 Å². The number of fused-ring (bicyclic) bond motifs is 6. The average molecular weight is 385 g/mol. The van der Waals surface area contributed by atoms with E-state index in [1.165, 1.54) is 76.1 Å². The molecular weight excluding hydrogens is 360 g/mol. The van der Waals surface area contributed by atoms with Crippen molar-refractivity contribution in [3.05, 3.63) is 95.1 Å². The molecule has 6 aromatic rings. The van der Waals surface area contributed by atoms with Crippen LogP contribution in [0.25, 0.3) is 53.9 Å². The Hall–Kier alpha value is -3.38. The normalized spacial score (nSPS) is 12.0. The molecule has 0 aliphatic rings. The summed E-state index contributed by atoms with van der Waals surface area (Å²) in [6.45, 7) is 8.97. The fraction of sp³-hybridized carbons (Fsp3) is 0.133. The zero-order valence-corrected chi connectivity index (χ0v) is 17.9. The smallest absolute Gasteiger partial charge is 0.00989 e. The molecule has 0 fully saturated rings. The van der Waals surface area contributed by atoms with Crippen LogP contribution in [0.5, 0.6) is 0 Å². The molecular formula is C30H24. The molecule has 144 valence electrons. The van der Waals surface area contributed by atoms with Gasteiger partial charge >= 0.3 is 0 Å². The second kappa shape index (κ2) is 6.06. The van der Waals surface area contributed by atoms with Gasteiger partial charge in [-0.15, -0.1) is 0 Å². The van der Waals surface area contributed by atoms with E-state index in [0.717, 1.165) is 0 Å². The molecule has 0 nitrogen and oxygen atoms in total. The van der Waals surface area contributed by atoms with E-state index in [2.05, 4.69) is 100 Å². The van der Waals surface area contributed by atoms with E-state index in [-0.39, 0.29) is 0 Å². The fourth-order valence-corrected chi connectivity index (χ4v) is 5.16. The van der Waals surface area contributed by atoms with Crippen molar-refractivity contribution in [3.8, 4) is 0 Å². The molecule has 6 rings (SSSR count). The summed E-state index contributed by atoms with van der Waals surface area (Å²) >= 11 is 0. The van der Waals surface area contributed by atoms with Crippen molar-refractivity contribution < 1.29 is 0 Å². The predicted molar refractivity (Wildman–Crippen MR) is 133 cm³/mol. The van der Waals surface area contributed by atoms with E-state index >= 15 is 0 Å². The predicted octanol–water partition coefficient (Wildman–Crippen LogP) is 8.69. The van der Waals surface area contributed by atoms with Crippen LogP contribution in [0.4, 0.5) is 0 Å². The SMILES string of the molecule is Cc1cc2cc3c(C)c4cc5ccc6ccccc6c5cc4c(C)c3cc2cc1C. The third-order valence-electron chi connectivity index (χ3n) is 7.09. The first kappa shape index (κ1) is 17.5. The second-order valence-corrected chi connectivity index (χ2v) is 8.84. The Morgan fingerprint density at radius 1 is 0.367 bits per heavy atom. The van der Waals surface area contributed by atoms with Gasteiger partial charge in [-0.05, 0) is 128 Å². The van der Waals surface area contributed by atoms with Gasteiger partial charge < -0.3 is 0 Å². The van der Waals surface area contributed by atoms with E-state index < -0.39 is 0 Å². The zero-order valence-electron chi connectivity index (χ0n) is 17.9. The lowest BCUT2D eigenvalue weighted by Gasteiger charge is -2.16. The first-order chi connectivity index (χ1) is 14.5. The zero-order chi connectivity index (χ0) is 20.6. The second-order valence-electron chi connectivity index (χ2n) is 8.84. The monoisotopic (exact) mass is 384 g/mol. The summed E-state index contributed by atoms with van der Waals surface area (Å²) in [6.07, 6.45) is 0. The molecule has 0 spiro atoms.